The van der Waals surface area contributed by atoms with Crippen LogP contribution in [0.5, 0.6) is 5.75 Å². The fourth-order valence-electron chi connectivity index (χ4n) is 2.44. The first-order valence-corrected chi connectivity index (χ1v) is 9.27. The molecule has 2 heterocycles. The second-order valence-corrected chi connectivity index (χ2v) is 7.63. The van der Waals surface area contributed by atoms with E-state index >= 15 is 0 Å². The van der Waals surface area contributed by atoms with E-state index < -0.39 is 5.97 Å². The molecular formula is C18H14Br2N2O4. The molecule has 0 bridgehead atoms. The van der Waals surface area contributed by atoms with Crippen molar-refractivity contribution < 1.29 is 19.4 Å². The zero-order valence-corrected chi connectivity index (χ0v) is 17.0. The zero-order valence-electron chi connectivity index (χ0n) is 13.8. The number of pyridine rings is 1. The second kappa shape index (κ2) is 7.20. The van der Waals surface area contributed by atoms with Crippen LogP contribution in [-0.2, 0) is 9.53 Å². The first-order valence-electron chi connectivity index (χ1n) is 7.68. The number of aromatic hydroxyl groups is 1. The van der Waals surface area contributed by atoms with E-state index in [9.17, 15) is 14.7 Å². The van der Waals surface area contributed by atoms with Gasteiger partial charge in [-0.3, -0.25) is 4.79 Å². The van der Waals surface area contributed by atoms with Crippen molar-refractivity contribution in [3.63, 3.8) is 0 Å². The summed E-state index contributed by atoms with van der Waals surface area (Å²) in [4.78, 5) is 28.6. The lowest BCUT2D eigenvalue weighted by atomic mass is 10.0. The number of benzene rings is 1. The minimum absolute atomic E-state index is 0.0730. The van der Waals surface area contributed by atoms with Gasteiger partial charge in [-0.1, -0.05) is 0 Å². The number of halogens is 2. The Labute approximate surface area is 166 Å². The number of anilines is 1. The minimum atomic E-state index is -0.496. The van der Waals surface area contributed by atoms with Gasteiger partial charge in [0.25, 0.3) is 5.91 Å². The Balaban J connectivity index is 2.04. The Morgan fingerprint density at radius 3 is 2.54 bits per heavy atom. The number of phenols is 1. The molecule has 3 rings (SSSR count). The topological polar surface area (TPSA) is 88.5 Å². The lowest BCUT2D eigenvalue weighted by Crippen LogP contribution is -2.12. The highest BCUT2D eigenvalue weighted by Crippen LogP contribution is 2.36. The molecule has 0 aliphatic carbocycles. The van der Waals surface area contributed by atoms with Gasteiger partial charge >= 0.3 is 5.97 Å². The van der Waals surface area contributed by atoms with Gasteiger partial charge in [-0.05, 0) is 75.5 Å². The molecule has 0 spiro atoms. The van der Waals surface area contributed by atoms with Crippen LogP contribution >= 0.6 is 31.9 Å². The SMILES string of the molecule is CC(C)OC(=O)c1cnc2c(c1)/C(=C/c1cc(Br)c(O)c(Br)c1)C(=O)N2. The number of fused-ring (bicyclic) bond motifs is 1. The first-order chi connectivity index (χ1) is 12.3. The number of nitrogens with one attached hydrogen (secondary N) is 1. The number of esters is 1. The molecule has 6 nitrogen and oxygen atoms in total. The molecule has 0 radical (unpaired) electrons. The Morgan fingerprint density at radius 1 is 1.27 bits per heavy atom. The summed E-state index contributed by atoms with van der Waals surface area (Å²) in [6.07, 6.45) is 2.78. The second-order valence-electron chi connectivity index (χ2n) is 5.92. The summed E-state index contributed by atoms with van der Waals surface area (Å²) >= 11 is 6.53. The van der Waals surface area contributed by atoms with Crippen molar-refractivity contribution in [2.45, 2.75) is 20.0 Å². The number of carbonyl (C=O) groups excluding carboxylic acids is 2. The molecule has 134 valence electrons. The number of hydrogen-bond donors (Lipinski definition) is 2. The Kier molecular flexibility index (Phi) is 5.15. The number of carbonyl (C=O) groups is 2. The minimum Gasteiger partial charge on any atom is -0.506 e. The average Bonchev–Trinajstić information content (AvgIpc) is 2.87. The van der Waals surface area contributed by atoms with Gasteiger partial charge in [0.2, 0.25) is 0 Å². The normalized spacial score (nSPS) is 14.5. The van der Waals surface area contributed by atoms with Crippen LogP contribution in [0.1, 0.15) is 35.3 Å². The molecule has 8 heteroatoms. The number of rotatable bonds is 3. The van der Waals surface area contributed by atoms with E-state index in [-0.39, 0.29) is 23.3 Å². The van der Waals surface area contributed by atoms with Gasteiger partial charge in [0.15, 0.2) is 0 Å². The van der Waals surface area contributed by atoms with Crippen molar-refractivity contribution in [1.82, 2.24) is 4.98 Å². The van der Waals surface area contributed by atoms with Gasteiger partial charge in [-0.2, -0.15) is 0 Å². The molecule has 26 heavy (non-hydrogen) atoms. The van der Waals surface area contributed by atoms with E-state index in [2.05, 4.69) is 42.2 Å². The van der Waals surface area contributed by atoms with E-state index in [0.29, 0.717) is 31.5 Å². The summed E-state index contributed by atoms with van der Waals surface area (Å²) in [5.41, 5.74) is 1.85. The van der Waals surface area contributed by atoms with Gasteiger partial charge < -0.3 is 15.2 Å². The zero-order chi connectivity index (χ0) is 19.0. The van der Waals surface area contributed by atoms with E-state index in [1.54, 1.807) is 38.1 Å². The van der Waals surface area contributed by atoms with Crippen molar-refractivity contribution in [3.05, 3.63) is 50.0 Å². The van der Waals surface area contributed by atoms with Crippen LogP contribution in [-0.4, -0.2) is 28.1 Å². The Morgan fingerprint density at radius 2 is 1.92 bits per heavy atom. The largest absolute Gasteiger partial charge is 0.506 e. The molecule has 2 N–H and O–H groups in total. The molecule has 0 atom stereocenters. The number of amides is 1. The predicted octanol–water partition coefficient (Wildman–Crippen LogP) is 4.37. The van der Waals surface area contributed by atoms with Gasteiger partial charge in [-0.25, -0.2) is 9.78 Å². The monoisotopic (exact) mass is 480 g/mol. The van der Waals surface area contributed by atoms with E-state index in [0.717, 1.165) is 0 Å². The Bertz CT molecular complexity index is 931. The summed E-state index contributed by atoms with van der Waals surface area (Å²) in [6.45, 7) is 3.52. The van der Waals surface area contributed by atoms with E-state index in [4.69, 9.17) is 4.74 Å². The highest BCUT2D eigenvalue weighted by molar-refractivity contribution is 9.11. The number of ether oxygens (including phenoxy) is 1. The molecule has 0 unspecified atom stereocenters. The molecule has 1 aromatic heterocycles. The predicted molar refractivity (Wildman–Crippen MR) is 105 cm³/mol. The smallest absolute Gasteiger partial charge is 0.339 e. The van der Waals surface area contributed by atoms with Crippen LogP contribution in [0, 0.1) is 0 Å². The summed E-state index contributed by atoms with van der Waals surface area (Å²) in [5, 5.41) is 12.5. The lowest BCUT2D eigenvalue weighted by molar-refractivity contribution is -0.110. The third-order valence-corrected chi connectivity index (χ3v) is 4.79. The number of aromatic nitrogens is 1. The molecule has 0 saturated heterocycles. The Hall–Kier alpha value is -2.19. The maximum absolute atomic E-state index is 12.3. The standard InChI is InChI=1S/C18H14Br2N2O4/c1-8(2)26-18(25)10-6-11-12(17(24)22-16(11)21-7-10)3-9-4-13(19)15(23)14(20)5-9/h3-8,23H,1-2H3,(H,21,22,24)/b12-3-. The average molecular weight is 482 g/mol. The summed E-state index contributed by atoms with van der Waals surface area (Å²) in [7, 11) is 0. The van der Waals surface area contributed by atoms with Gasteiger partial charge in [0.1, 0.15) is 11.6 Å². The maximum atomic E-state index is 12.3. The van der Waals surface area contributed by atoms with Crippen molar-refractivity contribution in [3.8, 4) is 5.75 Å². The van der Waals surface area contributed by atoms with E-state index in [1.807, 2.05) is 0 Å². The fourth-order valence-corrected chi connectivity index (χ4v) is 3.66. The van der Waals surface area contributed by atoms with Gasteiger partial charge in [0, 0.05) is 11.8 Å². The quantitative estimate of drug-likeness (QED) is 0.502. The van der Waals surface area contributed by atoms with Crippen LogP contribution in [0.2, 0.25) is 0 Å². The van der Waals surface area contributed by atoms with Gasteiger partial charge in [0.05, 0.1) is 26.2 Å². The third-order valence-electron chi connectivity index (χ3n) is 3.58. The molecule has 1 aromatic carbocycles. The molecule has 2 aromatic rings. The number of hydrogen-bond acceptors (Lipinski definition) is 5. The van der Waals surface area contributed by atoms with Gasteiger partial charge in [-0.15, -0.1) is 0 Å². The molecule has 1 aliphatic rings. The molecule has 1 amide bonds. The maximum Gasteiger partial charge on any atom is 0.339 e. The van der Waals surface area contributed by atoms with Crippen LogP contribution in [0.25, 0.3) is 11.6 Å². The van der Waals surface area contributed by atoms with Crippen molar-refractivity contribution >= 4 is 61.2 Å². The fraction of sp³-hybridized carbons (Fsp3) is 0.167. The van der Waals surface area contributed by atoms with E-state index in [1.165, 1.54) is 6.20 Å². The third kappa shape index (κ3) is 3.66. The number of nitrogens with zero attached hydrogens (tertiary/aromatic N) is 1. The van der Waals surface area contributed by atoms with Crippen LogP contribution < -0.4 is 5.32 Å². The summed E-state index contributed by atoms with van der Waals surface area (Å²) < 4.78 is 6.16. The van der Waals surface area contributed by atoms with Crippen molar-refractivity contribution in [1.29, 1.82) is 0 Å². The lowest BCUT2D eigenvalue weighted by Gasteiger charge is -2.08. The first kappa shape index (κ1) is 18.6. The van der Waals surface area contributed by atoms with Crippen LogP contribution in [0.4, 0.5) is 5.82 Å². The van der Waals surface area contributed by atoms with Crippen molar-refractivity contribution in [2.24, 2.45) is 0 Å². The number of phenolic OH excluding ortho intramolecular Hbond substituents is 1. The van der Waals surface area contributed by atoms with Crippen LogP contribution in [0.15, 0.2) is 33.3 Å². The highest BCUT2D eigenvalue weighted by Gasteiger charge is 2.27. The summed E-state index contributed by atoms with van der Waals surface area (Å²) in [5.74, 6) is -0.352. The summed E-state index contributed by atoms with van der Waals surface area (Å²) in [6, 6.07) is 4.95. The van der Waals surface area contributed by atoms with Crippen molar-refractivity contribution in [2.75, 3.05) is 5.32 Å². The highest BCUT2D eigenvalue weighted by atomic mass is 79.9. The molecular weight excluding hydrogens is 468 g/mol. The molecule has 0 saturated carbocycles. The van der Waals surface area contributed by atoms with Crippen LogP contribution in [0.3, 0.4) is 0 Å². The molecule has 1 aliphatic heterocycles. The molecule has 0 fully saturated rings.